The van der Waals surface area contributed by atoms with Crippen LogP contribution in [0.1, 0.15) is 30.6 Å². The van der Waals surface area contributed by atoms with Crippen LogP contribution in [0, 0.1) is 10.1 Å². The number of nitrogens with zero attached hydrogens (tertiary/aromatic N) is 1. The van der Waals surface area contributed by atoms with E-state index in [9.17, 15) is 19.7 Å². The molecule has 2 N–H and O–H groups in total. The van der Waals surface area contributed by atoms with Crippen LogP contribution in [0.5, 0.6) is 5.75 Å². The number of carbonyl (C=O) groups is 2. The summed E-state index contributed by atoms with van der Waals surface area (Å²) in [5.41, 5.74) is 0.684. The third kappa shape index (κ3) is 5.53. The monoisotopic (exact) mass is 371 g/mol. The maximum Gasteiger partial charge on any atom is 0.269 e. The number of non-ortho nitro benzene ring substituents is 1. The van der Waals surface area contributed by atoms with Crippen LogP contribution in [0.15, 0.2) is 48.5 Å². The van der Waals surface area contributed by atoms with E-state index in [0.717, 1.165) is 6.42 Å². The van der Waals surface area contributed by atoms with Crippen molar-refractivity contribution in [1.82, 2.24) is 5.32 Å². The molecular formula is C19H21N3O5. The van der Waals surface area contributed by atoms with E-state index >= 15 is 0 Å². The van der Waals surface area contributed by atoms with Gasteiger partial charge in [-0.2, -0.15) is 0 Å². The quantitative estimate of drug-likeness (QED) is 0.547. The molecule has 0 saturated heterocycles. The van der Waals surface area contributed by atoms with Crippen LogP contribution in [0.2, 0.25) is 0 Å². The maximum absolute atomic E-state index is 12.4. The lowest BCUT2D eigenvalue weighted by molar-refractivity contribution is -0.384. The van der Waals surface area contributed by atoms with Crippen LogP contribution in [0.3, 0.4) is 0 Å². The summed E-state index contributed by atoms with van der Waals surface area (Å²) in [4.78, 5) is 34.8. The molecule has 2 amide bonds. The largest absolute Gasteiger partial charge is 0.481 e. The van der Waals surface area contributed by atoms with E-state index in [1.54, 1.807) is 31.2 Å². The van der Waals surface area contributed by atoms with Crippen LogP contribution < -0.4 is 15.4 Å². The number of para-hydroxylation sites is 1. The van der Waals surface area contributed by atoms with Crippen molar-refractivity contribution in [3.05, 3.63) is 64.2 Å². The number of ether oxygens (including phenoxy) is 1. The Morgan fingerprint density at radius 3 is 2.44 bits per heavy atom. The standard InChI is InChI=1S/C19H21N3O5/c1-3-12-20-19(24)16-6-4-5-7-17(16)21-18(23)13(2)27-15-10-8-14(9-11-15)22(25)26/h4-11,13H,3,12H2,1-2H3,(H,20,24)(H,21,23). The highest BCUT2D eigenvalue weighted by Crippen LogP contribution is 2.20. The van der Waals surface area contributed by atoms with Crippen LogP contribution in [0.4, 0.5) is 11.4 Å². The maximum atomic E-state index is 12.4. The Bertz CT molecular complexity index is 820. The molecule has 8 nitrogen and oxygen atoms in total. The molecule has 0 aliphatic rings. The number of nitrogens with one attached hydrogen (secondary N) is 2. The van der Waals surface area contributed by atoms with Gasteiger partial charge in [0.25, 0.3) is 17.5 Å². The van der Waals surface area contributed by atoms with Crippen molar-refractivity contribution in [2.24, 2.45) is 0 Å². The highest BCUT2D eigenvalue weighted by Gasteiger charge is 2.18. The molecule has 0 spiro atoms. The molecule has 1 unspecified atom stereocenters. The second-order valence-electron chi connectivity index (χ2n) is 5.80. The van der Waals surface area contributed by atoms with E-state index in [0.29, 0.717) is 23.5 Å². The number of hydrogen-bond donors (Lipinski definition) is 2. The summed E-state index contributed by atoms with van der Waals surface area (Å²) < 4.78 is 5.51. The lowest BCUT2D eigenvalue weighted by Gasteiger charge is -2.16. The molecule has 0 radical (unpaired) electrons. The molecular weight excluding hydrogens is 350 g/mol. The first-order valence-electron chi connectivity index (χ1n) is 8.51. The second-order valence-corrected chi connectivity index (χ2v) is 5.80. The van der Waals surface area contributed by atoms with Crippen molar-refractivity contribution >= 4 is 23.2 Å². The molecule has 0 heterocycles. The fourth-order valence-electron chi connectivity index (χ4n) is 2.26. The van der Waals surface area contributed by atoms with Gasteiger partial charge in [0.05, 0.1) is 16.2 Å². The number of carbonyl (C=O) groups excluding carboxylic acids is 2. The van der Waals surface area contributed by atoms with Gasteiger partial charge < -0.3 is 15.4 Å². The molecule has 0 aliphatic carbocycles. The Balaban J connectivity index is 2.04. The average molecular weight is 371 g/mol. The van der Waals surface area contributed by atoms with Crippen molar-refractivity contribution in [2.45, 2.75) is 26.4 Å². The topological polar surface area (TPSA) is 111 Å². The smallest absolute Gasteiger partial charge is 0.269 e. The van der Waals surface area contributed by atoms with Crippen LogP contribution >= 0.6 is 0 Å². The fraction of sp³-hybridized carbons (Fsp3) is 0.263. The van der Waals surface area contributed by atoms with E-state index in [-0.39, 0.29) is 11.6 Å². The summed E-state index contributed by atoms with van der Waals surface area (Å²) in [5, 5.41) is 16.1. The van der Waals surface area contributed by atoms with E-state index in [1.807, 2.05) is 6.92 Å². The first-order chi connectivity index (χ1) is 12.9. The summed E-state index contributed by atoms with van der Waals surface area (Å²) in [7, 11) is 0. The Labute approximate surface area is 156 Å². The normalized spacial score (nSPS) is 11.3. The zero-order valence-corrected chi connectivity index (χ0v) is 15.1. The molecule has 0 bridgehead atoms. The van der Waals surface area contributed by atoms with Gasteiger partial charge >= 0.3 is 0 Å². The number of hydrogen-bond acceptors (Lipinski definition) is 5. The van der Waals surface area contributed by atoms with E-state index in [4.69, 9.17) is 4.74 Å². The van der Waals surface area contributed by atoms with Gasteiger partial charge in [-0.1, -0.05) is 19.1 Å². The number of benzene rings is 2. The first kappa shape index (κ1) is 19.9. The zero-order valence-electron chi connectivity index (χ0n) is 15.1. The van der Waals surface area contributed by atoms with E-state index < -0.39 is 16.9 Å². The summed E-state index contributed by atoms with van der Waals surface area (Å²) in [6, 6.07) is 12.1. The molecule has 2 rings (SSSR count). The van der Waals surface area contributed by atoms with Crippen molar-refractivity contribution in [3.8, 4) is 5.75 Å². The Morgan fingerprint density at radius 1 is 1.15 bits per heavy atom. The minimum atomic E-state index is -0.863. The SMILES string of the molecule is CCCNC(=O)c1ccccc1NC(=O)C(C)Oc1ccc([N+](=O)[O-])cc1. The third-order valence-electron chi connectivity index (χ3n) is 3.69. The fourth-order valence-corrected chi connectivity index (χ4v) is 2.26. The molecule has 1 atom stereocenters. The lowest BCUT2D eigenvalue weighted by Crippen LogP contribution is -2.31. The van der Waals surface area contributed by atoms with Crippen LogP contribution in [0.25, 0.3) is 0 Å². The Hall–Kier alpha value is -3.42. The van der Waals surface area contributed by atoms with Gasteiger partial charge in [-0.15, -0.1) is 0 Å². The molecule has 0 aliphatic heterocycles. The van der Waals surface area contributed by atoms with Gasteiger partial charge in [0.2, 0.25) is 0 Å². The number of rotatable bonds is 8. The predicted octanol–water partition coefficient (Wildman–Crippen LogP) is 3.14. The first-order valence-corrected chi connectivity index (χ1v) is 8.51. The van der Waals surface area contributed by atoms with Crippen LogP contribution in [-0.4, -0.2) is 29.4 Å². The van der Waals surface area contributed by atoms with Gasteiger partial charge in [0, 0.05) is 18.7 Å². The summed E-state index contributed by atoms with van der Waals surface area (Å²) >= 11 is 0. The molecule has 2 aromatic rings. The highest BCUT2D eigenvalue weighted by molar-refractivity contribution is 6.04. The molecule has 0 saturated carbocycles. The lowest BCUT2D eigenvalue weighted by atomic mass is 10.1. The molecule has 27 heavy (non-hydrogen) atoms. The number of anilines is 1. The Kier molecular flexibility index (Phi) is 6.87. The van der Waals surface area contributed by atoms with E-state index in [2.05, 4.69) is 10.6 Å². The van der Waals surface area contributed by atoms with Gasteiger partial charge in [-0.3, -0.25) is 19.7 Å². The Morgan fingerprint density at radius 2 is 1.81 bits per heavy atom. The molecule has 0 aromatic heterocycles. The number of amides is 2. The van der Waals surface area contributed by atoms with Crippen molar-refractivity contribution in [2.75, 3.05) is 11.9 Å². The summed E-state index contributed by atoms with van der Waals surface area (Å²) in [6.07, 6.45) is -0.0568. The van der Waals surface area contributed by atoms with Crippen molar-refractivity contribution in [1.29, 1.82) is 0 Å². The van der Waals surface area contributed by atoms with Crippen LogP contribution in [-0.2, 0) is 4.79 Å². The zero-order chi connectivity index (χ0) is 19.8. The second kappa shape index (κ2) is 9.33. The molecule has 8 heteroatoms. The molecule has 0 fully saturated rings. The minimum Gasteiger partial charge on any atom is -0.481 e. The van der Waals surface area contributed by atoms with Gasteiger partial charge in [0.1, 0.15) is 5.75 Å². The van der Waals surface area contributed by atoms with Gasteiger partial charge in [-0.05, 0) is 37.6 Å². The van der Waals surface area contributed by atoms with Crippen molar-refractivity contribution < 1.29 is 19.2 Å². The highest BCUT2D eigenvalue weighted by atomic mass is 16.6. The number of nitro benzene ring substituents is 1. The van der Waals surface area contributed by atoms with Gasteiger partial charge in [0.15, 0.2) is 6.10 Å². The summed E-state index contributed by atoms with van der Waals surface area (Å²) in [5.74, 6) is -0.377. The summed E-state index contributed by atoms with van der Waals surface area (Å²) in [6.45, 7) is 4.04. The third-order valence-corrected chi connectivity index (χ3v) is 3.69. The number of nitro groups is 1. The van der Waals surface area contributed by atoms with Crippen molar-refractivity contribution in [3.63, 3.8) is 0 Å². The molecule has 2 aromatic carbocycles. The minimum absolute atomic E-state index is 0.0635. The average Bonchev–Trinajstić information content (AvgIpc) is 2.66. The predicted molar refractivity (Wildman–Crippen MR) is 101 cm³/mol. The van der Waals surface area contributed by atoms with Gasteiger partial charge in [-0.25, -0.2) is 0 Å². The molecule has 142 valence electrons. The van der Waals surface area contributed by atoms with E-state index in [1.165, 1.54) is 24.3 Å².